The molecule has 1 aromatic carbocycles. The van der Waals surface area contributed by atoms with E-state index in [0.717, 1.165) is 33.6 Å². The third kappa shape index (κ3) is 5.50. The number of ether oxygens (including phenoxy) is 2. The van der Waals surface area contributed by atoms with Gasteiger partial charge in [0.15, 0.2) is 6.61 Å². The molecule has 6 nitrogen and oxygen atoms in total. The third-order valence-electron chi connectivity index (χ3n) is 5.49. The van der Waals surface area contributed by atoms with E-state index in [2.05, 4.69) is 4.57 Å². The highest BCUT2D eigenvalue weighted by atomic mass is 16.5. The first kappa shape index (κ1) is 24.1. The van der Waals surface area contributed by atoms with Crippen molar-refractivity contribution in [2.24, 2.45) is 0 Å². The molecule has 0 N–H and O–H groups in total. The van der Waals surface area contributed by atoms with Gasteiger partial charge in [0, 0.05) is 24.1 Å². The minimum atomic E-state index is -0.813. The van der Waals surface area contributed by atoms with Gasteiger partial charge in [-0.2, -0.15) is 5.26 Å². The van der Waals surface area contributed by atoms with E-state index in [1.165, 1.54) is 6.08 Å². The first-order valence-corrected chi connectivity index (χ1v) is 10.2. The highest BCUT2D eigenvalue weighted by Crippen LogP contribution is 2.23. The molecule has 2 aromatic rings. The molecule has 0 saturated heterocycles. The summed E-state index contributed by atoms with van der Waals surface area (Å²) in [5, 5.41) is 9.48. The molecular weight excluding hydrogens is 392 g/mol. The SMILES string of the molecule is COC[C@@H](C)n1c(C)cc(/C=C(\C#N)C(=O)OCC(=O)c2cc(C)c(C)cc2C)c1C. The highest BCUT2D eigenvalue weighted by Gasteiger charge is 2.18. The van der Waals surface area contributed by atoms with Gasteiger partial charge < -0.3 is 14.0 Å². The standard InChI is InChI=1S/C25H30N2O4/c1-15-8-17(3)23(9-16(15)2)24(28)14-31-25(29)22(12-26)11-21-10-18(4)27(20(21)6)19(5)13-30-7/h8-11,19H,13-14H2,1-7H3/b22-11+/t19-/m1/s1. The lowest BCUT2D eigenvalue weighted by Gasteiger charge is -2.17. The summed E-state index contributed by atoms with van der Waals surface area (Å²) in [5.41, 5.74) is 5.97. The number of carbonyl (C=O) groups is 2. The van der Waals surface area contributed by atoms with E-state index in [-0.39, 0.29) is 17.4 Å². The third-order valence-corrected chi connectivity index (χ3v) is 5.49. The van der Waals surface area contributed by atoms with Crippen LogP contribution in [0.25, 0.3) is 6.08 Å². The fraction of sp³-hybridized carbons (Fsp3) is 0.400. The molecule has 0 fully saturated rings. The van der Waals surface area contributed by atoms with Crippen LogP contribution in [0, 0.1) is 45.9 Å². The molecule has 31 heavy (non-hydrogen) atoms. The predicted octanol–water partition coefficient (Wildman–Crippen LogP) is 4.57. The number of aromatic nitrogens is 1. The van der Waals surface area contributed by atoms with Crippen LogP contribution in [0.3, 0.4) is 0 Å². The molecule has 0 unspecified atom stereocenters. The van der Waals surface area contributed by atoms with Crippen LogP contribution >= 0.6 is 0 Å². The van der Waals surface area contributed by atoms with E-state index < -0.39 is 12.6 Å². The quantitative estimate of drug-likeness (QED) is 0.269. The largest absolute Gasteiger partial charge is 0.453 e. The fourth-order valence-corrected chi connectivity index (χ4v) is 3.78. The summed E-state index contributed by atoms with van der Waals surface area (Å²) in [6.07, 6.45) is 1.51. The van der Waals surface area contributed by atoms with Gasteiger partial charge >= 0.3 is 5.97 Å². The van der Waals surface area contributed by atoms with Crippen molar-refractivity contribution in [1.29, 1.82) is 5.26 Å². The Morgan fingerprint density at radius 3 is 2.35 bits per heavy atom. The Morgan fingerprint density at radius 1 is 1.10 bits per heavy atom. The van der Waals surface area contributed by atoms with Crippen LogP contribution in [-0.2, 0) is 14.3 Å². The van der Waals surface area contributed by atoms with Crippen molar-refractivity contribution in [2.75, 3.05) is 20.3 Å². The summed E-state index contributed by atoms with van der Waals surface area (Å²) in [7, 11) is 1.65. The summed E-state index contributed by atoms with van der Waals surface area (Å²) in [6.45, 7) is 11.8. The van der Waals surface area contributed by atoms with Crippen LogP contribution in [0.4, 0.5) is 0 Å². The summed E-state index contributed by atoms with van der Waals surface area (Å²) >= 11 is 0. The molecule has 0 spiro atoms. The number of nitrogens with zero attached hydrogens (tertiary/aromatic N) is 2. The molecule has 1 heterocycles. The zero-order valence-electron chi connectivity index (χ0n) is 19.3. The molecule has 1 atom stereocenters. The maximum absolute atomic E-state index is 12.5. The monoisotopic (exact) mass is 422 g/mol. The second-order valence-corrected chi connectivity index (χ2v) is 7.92. The van der Waals surface area contributed by atoms with Gasteiger partial charge in [0.1, 0.15) is 11.6 Å². The van der Waals surface area contributed by atoms with Crippen molar-refractivity contribution >= 4 is 17.8 Å². The molecular formula is C25H30N2O4. The Hall–Kier alpha value is -3.17. The molecule has 0 aliphatic heterocycles. The topological polar surface area (TPSA) is 81.3 Å². The lowest BCUT2D eigenvalue weighted by Crippen LogP contribution is -2.16. The number of rotatable bonds is 8. The number of ketones is 1. The number of Topliss-reactive ketones (excluding diaryl/α,β-unsaturated/α-hetero) is 1. The van der Waals surface area contributed by atoms with Crippen LogP contribution in [0.15, 0.2) is 23.8 Å². The number of carbonyl (C=O) groups excluding carboxylic acids is 2. The van der Waals surface area contributed by atoms with Crippen LogP contribution in [0.2, 0.25) is 0 Å². The maximum atomic E-state index is 12.5. The first-order chi connectivity index (χ1) is 14.6. The highest BCUT2D eigenvalue weighted by molar-refractivity contribution is 6.02. The van der Waals surface area contributed by atoms with E-state index in [0.29, 0.717) is 12.2 Å². The van der Waals surface area contributed by atoms with Gasteiger partial charge in [0.2, 0.25) is 5.78 Å². The molecule has 0 bridgehead atoms. The van der Waals surface area contributed by atoms with Crippen LogP contribution < -0.4 is 0 Å². The van der Waals surface area contributed by atoms with Gasteiger partial charge in [-0.15, -0.1) is 0 Å². The van der Waals surface area contributed by atoms with Crippen molar-refractivity contribution in [1.82, 2.24) is 4.57 Å². The Labute approximate surface area is 184 Å². The number of hydrogen-bond acceptors (Lipinski definition) is 5. The molecule has 0 saturated carbocycles. The molecule has 0 radical (unpaired) electrons. The fourth-order valence-electron chi connectivity index (χ4n) is 3.78. The Balaban J connectivity index is 2.19. The summed E-state index contributed by atoms with van der Waals surface area (Å²) < 4.78 is 12.5. The number of aryl methyl sites for hydroxylation is 4. The van der Waals surface area contributed by atoms with Crippen molar-refractivity contribution in [3.63, 3.8) is 0 Å². The van der Waals surface area contributed by atoms with E-state index in [1.54, 1.807) is 13.2 Å². The average molecular weight is 423 g/mol. The summed E-state index contributed by atoms with van der Waals surface area (Å²) in [5.74, 6) is -1.11. The number of benzene rings is 1. The minimum absolute atomic E-state index is 0.114. The minimum Gasteiger partial charge on any atom is -0.453 e. The van der Waals surface area contributed by atoms with Crippen LogP contribution in [0.5, 0.6) is 0 Å². The smallest absolute Gasteiger partial charge is 0.349 e. The maximum Gasteiger partial charge on any atom is 0.349 e. The average Bonchev–Trinajstić information content (AvgIpc) is 2.99. The molecule has 0 aliphatic rings. The molecule has 6 heteroatoms. The molecule has 1 aromatic heterocycles. The van der Waals surface area contributed by atoms with Crippen molar-refractivity contribution in [2.45, 2.75) is 47.6 Å². The number of methoxy groups -OCH3 is 1. The first-order valence-electron chi connectivity index (χ1n) is 10.2. The van der Waals surface area contributed by atoms with Gasteiger partial charge in [-0.25, -0.2) is 4.79 Å². The lowest BCUT2D eigenvalue weighted by atomic mass is 9.98. The normalized spacial score (nSPS) is 12.4. The van der Waals surface area contributed by atoms with E-state index in [1.807, 2.05) is 59.7 Å². The molecule has 0 amide bonds. The second-order valence-electron chi connectivity index (χ2n) is 7.92. The number of hydrogen-bond donors (Lipinski definition) is 0. The second kappa shape index (κ2) is 10.2. The van der Waals surface area contributed by atoms with Crippen LogP contribution in [0.1, 0.15) is 57.0 Å². The molecule has 164 valence electrons. The predicted molar refractivity (Wildman–Crippen MR) is 120 cm³/mol. The zero-order valence-corrected chi connectivity index (χ0v) is 19.3. The van der Waals surface area contributed by atoms with Crippen molar-refractivity contribution in [3.8, 4) is 6.07 Å². The zero-order chi connectivity index (χ0) is 23.3. The van der Waals surface area contributed by atoms with Gasteiger partial charge in [0.25, 0.3) is 0 Å². The van der Waals surface area contributed by atoms with Gasteiger partial charge in [-0.1, -0.05) is 6.07 Å². The molecule has 2 rings (SSSR count). The molecule has 0 aliphatic carbocycles. The summed E-state index contributed by atoms with van der Waals surface area (Å²) in [6, 6.07) is 7.66. The Kier molecular flexibility index (Phi) is 7.95. The van der Waals surface area contributed by atoms with E-state index in [4.69, 9.17) is 9.47 Å². The van der Waals surface area contributed by atoms with Gasteiger partial charge in [0.05, 0.1) is 12.6 Å². The number of nitriles is 1. The Bertz CT molecular complexity index is 1070. The number of esters is 1. The van der Waals surface area contributed by atoms with E-state index in [9.17, 15) is 14.9 Å². The van der Waals surface area contributed by atoms with Crippen molar-refractivity contribution in [3.05, 3.63) is 63.0 Å². The Morgan fingerprint density at radius 2 is 1.74 bits per heavy atom. The summed E-state index contributed by atoms with van der Waals surface area (Å²) in [4.78, 5) is 25.0. The van der Waals surface area contributed by atoms with E-state index >= 15 is 0 Å². The van der Waals surface area contributed by atoms with Gasteiger partial charge in [-0.05, 0) is 82.0 Å². The lowest BCUT2D eigenvalue weighted by molar-refractivity contribution is -0.137. The van der Waals surface area contributed by atoms with Crippen molar-refractivity contribution < 1.29 is 19.1 Å². The van der Waals surface area contributed by atoms with Crippen LogP contribution in [-0.4, -0.2) is 36.6 Å². The van der Waals surface area contributed by atoms with Gasteiger partial charge in [-0.3, -0.25) is 4.79 Å².